The second-order valence-corrected chi connectivity index (χ2v) is 7.52. The fourth-order valence-corrected chi connectivity index (χ4v) is 3.43. The molecule has 2 heterocycles. The molecule has 11 heteroatoms. The number of ether oxygens (including phenoxy) is 1. The maximum atomic E-state index is 14.3. The second-order valence-electron chi connectivity index (χ2n) is 7.52. The third-order valence-electron chi connectivity index (χ3n) is 5.07. The lowest BCUT2D eigenvalue weighted by Crippen LogP contribution is -2.19. The van der Waals surface area contributed by atoms with Gasteiger partial charge in [0.25, 0.3) is 5.56 Å². The third kappa shape index (κ3) is 5.50. The number of anilines is 1. The second kappa shape index (κ2) is 9.34. The van der Waals surface area contributed by atoms with Gasteiger partial charge in [0.15, 0.2) is 0 Å². The molecular formula is C24H17F4N5O2. The van der Waals surface area contributed by atoms with Crippen LogP contribution in [0.5, 0.6) is 5.75 Å². The highest BCUT2D eigenvalue weighted by Crippen LogP contribution is 2.29. The van der Waals surface area contributed by atoms with Gasteiger partial charge in [-0.05, 0) is 36.4 Å². The summed E-state index contributed by atoms with van der Waals surface area (Å²) < 4.78 is 58.4. The van der Waals surface area contributed by atoms with Crippen molar-refractivity contribution in [1.82, 2.24) is 14.3 Å². The third-order valence-corrected chi connectivity index (χ3v) is 5.07. The molecule has 0 aliphatic heterocycles. The molecule has 4 rings (SSSR count). The zero-order chi connectivity index (χ0) is 25.2. The lowest BCUT2D eigenvalue weighted by atomic mass is 10.1. The summed E-state index contributed by atoms with van der Waals surface area (Å²) in [6.45, 7) is 0.0394. The molecule has 0 spiro atoms. The van der Waals surface area contributed by atoms with E-state index in [9.17, 15) is 22.4 Å². The predicted octanol–water partition coefficient (Wildman–Crippen LogP) is 4.76. The van der Waals surface area contributed by atoms with Crippen LogP contribution >= 0.6 is 0 Å². The van der Waals surface area contributed by atoms with E-state index in [0.717, 1.165) is 18.2 Å². The molecule has 0 saturated carbocycles. The Labute approximate surface area is 196 Å². The minimum atomic E-state index is -4.83. The molecule has 0 amide bonds. The summed E-state index contributed by atoms with van der Waals surface area (Å²) in [4.78, 5) is 12.9. The molecule has 7 nitrogen and oxygen atoms in total. The van der Waals surface area contributed by atoms with Crippen LogP contribution in [-0.2, 0) is 13.6 Å². The zero-order valence-electron chi connectivity index (χ0n) is 18.2. The van der Waals surface area contributed by atoms with Crippen LogP contribution in [0.15, 0.2) is 71.9 Å². The first-order valence-corrected chi connectivity index (χ1v) is 10.2. The van der Waals surface area contributed by atoms with Crippen molar-refractivity contribution >= 4 is 5.69 Å². The van der Waals surface area contributed by atoms with Crippen molar-refractivity contribution in [1.29, 1.82) is 5.26 Å². The van der Waals surface area contributed by atoms with Gasteiger partial charge in [0.05, 0.1) is 17.8 Å². The van der Waals surface area contributed by atoms with E-state index in [2.05, 4.69) is 15.2 Å². The molecule has 0 radical (unpaired) electrons. The summed E-state index contributed by atoms with van der Waals surface area (Å²) >= 11 is 0. The van der Waals surface area contributed by atoms with Crippen molar-refractivity contribution in [3.8, 4) is 28.6 Å². The van der Waals surface area contributed by atoms with Crippen molar-refractivity contribution < 1.29 is 22.3 Å². The van der Waals surface area contributed by atoms with Gasteiger partial charge >= 0.3 is 6.36 Å². The van der Waals surface area contributed by atoms with Crippen molar-refractivity contribution in [3.05, 3.63) is 94.4 Å². The summed E-state index contributed by atoms with van der Waals surface area (Å²) in [7, 11) is 1.72. The Balaban J connectivity index is 1.70. The van der Waals surface area contributed by atoms with Gasteiger partial charge < -0.3 is 10.1 Å². The number of alkyl halides is 3. The molecule has 35 heavy (non-hydrogen) atoms. The fourth-order valence-electron chi connectivity index (χ4n) is 3.43. The van der Waals surface area contributed by atoms with Crippen LogP contribution in [0.3, 0.4) is 0 Å². The van der Waals surface area contributed by atoms with Gasteiger partial charge in [-0.1, -0.05) is 6.07 Å². The van der Waals surface area contributed by atoms with E-state index in [-0.39, 0.29) is 12.1 Å². The topological polar surface area (TPSA) is 84.9 Å². The van der Waals surface area contributed by atoms with Crippen LogP contribution in [-0.4, -0.2) is 20.7 Å². The lowest BCUT2D eigenvalue weighted by molar-refractivity contribution is -0.274. The smallest absolute Gasteiger partial charge is 0.406 e. The largest absolute Gasteiger partial charge is 0.573 e. The molecule has 178 valence electrons. The molecule has 0 aliphatic rings. The molecule has 4 aromatic rings. The SMILES string of the molecule is Cn1cc(-c2cn(-c3ccc(OC(F)(F)F)cc3)c(=O)cc2NCc2ccc(C#N)cc2F)cn1. The van der Waals surface area contributed by atoms with Crippen molar-refractivity contribution in [2.45, 2.75) is 12.9 Å². The van der Waals surface area contributed by atoms with Crippen LogP contribution in [0.1, 0.15) is 11.1 Å². The van der Waals surface area contributed by atoms with Gasteiger partial charge in [-0.2, -0.15) is 10.4 Å². The minimum absolute atomic E-state index is 0.0394. The molecular weight excluding hydrogens is 466 g/mol. The number of pyridine rings is 1. The molecule has 0 aliphatic carbocycles. The van der Waals surface area contributed by atoms with E-state index < -0.39 is 23.5 Å². The number of rotatable bonds is 6. The monoisotopic (exact) mass is 483 g/mol. The first-order valence-electron chi connectivity index (χ1n) is 10.2. The maximum Gasteiger partial charge on any atom is 0.573 e. The zero-order valence-corrected chi connectivity index (χ0v) is 18.2. The Hall–Kier alpha value is -4.59. The number of benzene rings is 2. The average molecular weight is 483 g/mol. The Kier molecular flexibility index (Phi) is 6.29. The van der Waals surface area contributed by atoms with Crippen molar-refractivity contribution in [2.24, 2.45) is 7.05 Å². The number of nitriles is 1. The maximum absolute atomic E-state index is 14.3. The standard InChI is InChI=1S/C24H17F4N5O2/c1-32-13-17(12-31-32)20-14-33(18-4-6-19(7-5-18)35-24(26,27)28)23(34)9-22(20)30-11-16-3-2-15(10-29)8-21(16)25/h2-9,12-14,30H,11H2,1H3. The molecule has 1 N–H and O–H groups in total. The molecule has 2 aromatic heterocycles. The number of aromatic nitrogens is 3. The average Bonchev–Trinajstić information content (AvgIpc) is 3.24. The Morgan fingerprint density at radius 3 is 2.46 bits per heavy atom. The Morgan fingerprint density at radius 1 is 1.11 bits per heavy atom. The minimum Gasteiger partial charge on any atom is -0.406 e. The summed E-state index contributed by atoms with van der Waals surface area (Å²) in [5, 5.41) is 16.1. The molecule has 0 fully saturated rings. The number of hydrogen-bond donors (Lipinski definition) is 1. The Bertz CT molecular complexity index is 1470. The quantitative estimate of drug-likeness (QED) is 0.400. The van der Waals surface area contributed by atoms with E-state index in [1.807, 2.05) is 6.07 Å². The normalized spacial score (nSPS) is 11.2. The van der Waals surface area contributed by atoms with E-state index >= 15 is 0 Å². The van der Waals surface area contributed by atoms with E-state index in [4.69, 9.17) is 5.26 Å². The van der Waals surface area contributed by atoms with Gasteiger partial charge in [-0.15, -0.1) is 13.2 Å². The fraction of sp³-hybridized carbons (Fsp3) is 0.125. The van der Waals surface area contributed by atoms with Gasteiger partial charge in [0.1, 0.15) is 11.6 Å². The van der Waals surface area contributed by atoms with E-state index in [1.165, 1.54) is 41.1 Å². The molecule has 2 aromatic carbocycles. The first kappa shape index (κ1) is 23.6. The highest BCUT2D eigenvalue weighted by Gasteiger charge is 2.31. The van der Waals surface area contributed by atoms with Gasteiger partial charge in [0, 0.05) is 60.1 Å². The van der Waals surface area contributed by atoms with Gasteiger partial charge in [-0.3, -0.25) is 14.0 Å². The van der Waals surface area contributed by atoms with Crippen LogP contribution in [0.2, 0.25) is 0 Å². The van der Waals surface area contributed by atoms with Crippen LogP contribution in [0.25, 0.3) is 16.8 Å². The lowest BCUT2D eigenvalue weighted by Gasteiger charge is -2.15. The summed E-state index contributed by atoms with van der Waals surface area (Å²) in [5.74, 6) is -0.974. The highest BCUT2D eigenvalue weighted by atomic mass is 19.4. The van der Waals surface area contributed by atoms with Gasteiger partial charge in [-0.25, -0.2) is 4.39 Å². The van der Waals surface area contributed by atoms with Crippen LogP contribution in [0, 0.1) is 17.1 Å². The molecule has 0 unspecified atom stereocenters. The van der Waals surface area contributed by atoms with Crippen molar-refractivity contribution in [2.75, 3.05) is 5.32 Å². The van der Waals surface area contributed by atoms with E-state index in [1.54, 1.807) is 24.1 Å². The van der Waals surface area contributed by atoms with Crippen molar-refractivity contribution in [3.63, 3.8) is 0 Å². The molecule has 0 atom stereocenters. The number of nitrogens with zero attached hydrogens (tertiary/aromatic N) is 4. The number of aryl methyl sites for hydroxylation is 1. The number of nitrogens with one attached hydrogen (secondary N) is 1. The first-order chi connectivity index (χ1) is 16.6. The molecule has 0 bridgehead atoms. The highest BCUT2D eigenvalue weighted by molar-refractivity contribution is 5.76. The van der Waals surface area contributed by atoms with Crippen LogP contribution in [0.4, 0.5) is 23.2 Å². The summed E-state index contributed by atoms with van der Waals surface area (Å²) in [6.07, 6.45) is -0.000219. The number of halogens is 4. The Morgan fingerprint density at radius 2 is 1.86 bits per heavy atom. The van der Waals surface area contributed by atoms with E-state index in [0.29, 0.717) is 28.1 Å². The summed E-state index contributed by atoms with van der Waals surface area (Å²) in [6, 6.07) is 12.2. The number of hydrogen-bond acceptors (Lipinski definition) is 5. The molecule has 0 saturated heterocycles. The summed E-state index contributed by atoms with van der Waals surface area (Å²) in [5.41, 5.74) is 1.95. The predicted molar refractivity (Wildman–Crippen MR) is 119 cm³/mol. The van der Waals surface area contributed by atoms with Gasteiger partial charge in [0.2, 0.25) is 0 Å². The van der Waals surface area contributed by atoms with Crippen LogP contribution < -0.4 is 15.6 Å².